The van der Waals surface area contributed by atoms with Crippen LogP contribution in [0.3, 0.4) is 0 Å². The quantitative estimate of drug-likeness (QED) is 0.652. The van der Waals surface area contributed by atoms with Gasteiger partial charge in [0.2, 0.25) is 0 Å². The summed E-state index contributed by atoms with van der Waals surface area (Å²) >= 11 is 0. The highest BCUT2D eigenvalue weighted by Crippen LogP contribution is 2.21. The fourth-order valence-corrected chi connectivity index (χ4v) is 3.09. The highest BCUT2D eigenvalue weighted by Gasteiger charge is 2.21. The Balaban J connectivity index is 1.71. The molecular formula is C18H29NO2. The minimum Gasteiger partial charge on any atom is -0.382 e. The van der Waals surface area contributed by atoms with Crippen LogP contribution in [0.4, 0.5) is 0 Å². The molecule has 0 aliphatic carbocycles. The minimum absolute atomic E-state index is 0.692. The smallest absolute Gasteiger partial charge is 0.0700 e. The van der Waals surface area contributed by atoms with Crippen LogP contribution in [0.1, 0.15) is 31.2 Å². The van der Waals surface area contributed by atoms with Gasteiger partial charge in [-0.05, 0) is 37.8 Å². The van der Waals surface area contributed by atoms with Crippen molar-refractivity contribution >= 4 is 0 Å². The standard InChI is InChI=1S/C18H29NO2/c1-20-15-16-21-14-13-19-12-6-5-9-18(19)11-10-17-7-3-2-4-8-17/h2-4,7-8,18H,5-6,9-16H2,1H3. The van der Waals surface area contributed by atoms with Crippen molar-refractivity contribution in [1.29, 1.82) is 0 Å². The van der Waals surface area contributed by atoms with Crippen LogP contribution in [0.5, 0.6) is 0 Å². The van der Waals surface area contributed by atoms with Crippen LogP contribution < -0.4 is 0 Å². The minimum atomic E-state index is 0.692. The van der Waals surface area contributed by atoms with Crippen LogP contribution in [0.15, 0.2) is 30.3 Å². The summed E-state index contributed by atoms with van der Waals surface area (Å²) in [7, 11) is 1.72. The zero-order valence-electron chi connectivity index (χ0n) is 13.3. The van der Waals surface area contributed by atoms with Gasteiger partial charge in [-0.3, -0.25) is 4.90 Å². The molecule has 1 aliphatic heterocycles. The maximum atomic E-state index is 5.62. The second-order valence-corrected chi connectivity index (χ2v) is 5.82. The predicted molar refractivity (Wildman–Crippen MR) is 86.7 cm³/mol. The molecule has 1 atom stereocenters. The van der Waals surface area contributed by atoms with Crippen molar-refractivity contribution in [1.82, 2.24) is 4.90 Å². The van der Waals surface area contributed by atoms with E-state index < -0.39 is 0 Å². The number of ether oxygens (including phenoxy) is 2. The molecule has 1 fully saturated rings. The van der Waals surface area contributed by atoms with Crippen molar-refractivity contribution in [3.63, 3.8) is 0 Å². The highest BCUT2D eigenvalue weighted by atomic mass is 16.5. The molecule has 0 saturated carbocycles. The Bertz CT molecular complexity index is 369. The highest BCUT2D eigenvalue weighted by molar-refractivity contribution is 5.14. The maximum absolute atomic E-state index is 5.62. The maximum Gasteiger partial charge on any atom is 0.0700 e. The average Bonchev–Trinajstić information content (AvgIpc) is 2.55. The second-order valence-electron chi connectivity index (χ2n) is 5.82. The van der Waals surface area contributed by atoms with Crippen molar-refractivity contribution in [2.24, 2.45) is 0 Å². The number of likely N-dealkylation sites (tertiary alicyclic amines) is 1. The summed E-state index contributed by atoms with van der Waals surface area (Å²) in [5.74, 6) is 0. The number of aryl methyl sites for hydroxylation is 1. The predicted octanol–water partition coefficient (Wildman–Crippen LogP) is 3.14. The van der Waals surface area contributed by atoms with E-state index in [1.54, 1.807) is 7.11 Å². The van der Waals surface area contributed by atoms with E-state index in [-0.39, 0.29) is 0 Å². The topological polar surface area (TPSA) is 21.7 Å². The molecule has 21 heavy (non-hydrogen) atoms. The second kappa shape index (κ2) is 9.93. The molecular weight excluding hydrogens is 262 g/mol. The molecule has 1 aliphatic rings. The van der Waals surface area contributed by atoms with Gasteiger partial charge >= 0.3 is 0 Å². The van der Waals surface area contributed by atoms with Crippen LogP contribution in [-0.4, -0.2) is 51.0 Å². The van der Waals surface area contributed by atoms with E-state index >= 15 is 0 Å². The number of piperidine rings is 1. The van der Waals surface area contributed by atoms with Gasteiger partial charge in [-0.15, -0.1) is 0 Å². The van der Waals surface area contributed by atoms with Crippen molar-refractivity contribution in [2.45, 2.75) is 38.1 Å². The third-order valence-corrected chi connectivity index (χ3v) is 4.31. The number of methoxy groups -OCH3 is 1. The first kappa shape index (κ1) is 16.5. The van der Waals surface area contributed by atoms with Gasteiger partial charge in [-0.2, -0.15) is 0 Å². The first-order valence-electron chi connectivity index (χ1n) is 8.25. The Labute approximate surface area is 129 Å². The lowest BCUT2D eigenvalue weighted by atomic mass is 9.96. The van der Waals surface area contributed by atoms with Gasteiger partial charge in [0.05, 0.1) is 19.8 Å². The monoisotopic (exact) mass is 291 g/mol. The lowest BCUT2D eigenvalue weighted by Crippen LogP contribution is -2.41. The van der Waals surface area contributed by atoms with Crippen molar-refractivity contribution in [3.05, 3.63) is 35.9 Å². The van der Waals surface area contributed by atoms with Gasteiger partial charge in [-0.1, -0.05) is 36.8 Å². The molecule has 3 nitrogen and oxygen atoms in total. The molecule has 0 bridgehead atoms. The fraction of sp³-hybridized carbons (Fsp3) is 0.667. The van der Waals surface area contributed by atoms with Crippen LogP contribution in [0, 0.1) is 0 Å². The molecule has 1 aromatic rings. The molecule has 1 unspecified atom stereocenters. The molecule has 1 saturated heterocycles. The summed E-state index contributed by atoms with van der Waals surface area (Å²) in [6, 6.07) is 11.6. The molecule has 0 N–H and O–H groups in total. The van der Waals surface area contributed by atoms with Crippen LogP contribution in [0.2, 0.25) is 0 Å². The van der Waals surface area contributed by atoms with Crippen molar-refractivity contribution in [2.75, 3.05) is 40.0 Å². The number of hydrogen-bond donors (Lipinski definition) is 0. The Hall–Kier alpha value is -0.900. The Kier molecular flexibility index (Phi) is 7.79. The summed E-state index contributed by atoms with van der Waals surface area (Å²) in [6.45, 7) is 4.51. The molecule has 3 heteroatoms. The molecule has 1 heterocycles. The van der Waals surface area contributed by atoms with E-state index in [1.807, 2.05) is 0 Å². The summed E-state index contributed by atoms with van der Waals surface area (Å²) in [5.41, 5.74) is 1.46. The first-order chi connectivity index (χ1) is 10.4. The summed E-state index contributed by atoms with van der Waals surface area (Å²) in [5, 5.41) is 0. The summed E-state index contributed by atoms with van der Waals surface area (Å²) in [4.78, 5) is 2.62. The van der Waals surface area contributed by atoms with Gasteiger partial charge in [0.15, 0.2) is 0 Å². The van der Waals surface area contributed by atoms with Crippen LogP contribution >= 0.6 is 0 Å². The Morgan fingerprint density at radius 3 is 2.76 bits per heavy atom. The van der Waals surface area contributed by atoms with Gasteiger partial charge < -0.3 is 9.47 Å². The molecule has 0 radical (unpaired) electrons. The van der Waals surface area contributed by atoms with Crippen LogP contribution in [-0.2, 0) is 15.9 Å². The van der Waals surface area contributed by atoms with E-state index in [0.717, 1.165) is 19.2 Å². The average molecular weight is 291 g/mol. The van der Waals surface area contributed by atoms with Crippen molar-refractivity contribution in [3.8, 4) is 0 Å². The number of rotatable bonds is 9. The van der Waals surface area contributed by atoms with E-state index in [0.29, 0.717) is 13.2 Å². The Morgan fingerprint density at radius 2 is 1.95 bits per heavy atom. The fourth-order valence-electron chi connectivity index (χ4n) is 3.09. The molecule has 1 aromatic carbocycles. The third kappa shape index (κ3) is 6.16. The van der Waals surface area contributed by atoms with E-state index in [4.69, 9.17) is 9.47 Å². The molecule has 0 spiro atoms. The first-order valence-corrected chi connectivity index (χ1v) is 8.25. The molecule has 2 rings (SSSR count). The van der Waals surface area contributed by atoms with E-state index in [9.17, 15) is 0 Å². The third-order valence-electron chi connectivity index (χ3n) is 4.31. The van der Waals surface area contributed by atoms with Gasteiger partial charge in [0, 0.05) is 19.7 Å². The summed E-state index contributed by atoms with van der Waals surface area (Å²) < 4.78 is 10.6. The largest absolute Gasteiger partial charge is 0.382 e. The normalized spacial score (nSPS) is 19.8. The lowest BCUT2D eigenvalue weighted by molar-refractivity contribution is 0.0411. The molecule has 0 amide bonds. The van der Waals surface area contributed by atoms with E-state index in [2.05, 4.69) is 35.2 Å². The molecule has 0 aromatic heterocycles. The summed E-state index contributed by atoms with van der Waals surface area (Å²) in [6.07, 6.45) is 6.50. The number of benzene rings is 1. The van der Waals surface area contributed by atoms with Gasteiger partial charge in [0.1, 0.15) is 0 Å². The lowest BCUT2D eigenvalue weighted by Gasteiger charge is -2.35. The zero-order valence-corrected chi connectivity index (χ0v) is 13.3. The zero-order chi connectivity index (χ0) is 14.8. The Morgan fingerprint density at radius 1 is 1.10 bits per heavy atom. The number of nitrogens with zero attached hydrogens (tertiary/aromatic N) is 1. The van der Waals surface area contributed by atoms with Gasteiger partial charge in [-0.25, -0.2) is 0 Å². The van der Waals surface area contributed by atoms with E-state index in [1.165, 1.54) is 44.2 Å². The SMILES string of the molecule is COCCOCCN1CCCCC1CCc1ccccc1. The van der Waals surface area contributed by atoms with Crippen LogP contribution in [0.25, 0.3) is 0 Å². The van der Waals surface area contributed by atoms with Gasteiger partial charge in [0.25, 0.3) is 0 Å². The number of hydrogen-bond acceptors (Lipinski definition) is 3. The molecule has 118 valence electrons. The van der Waals surface area contributed by atoms with Crippen molar-refractivity contribution < 1.29 is 9.47 Å².